The molecule has 5 aromatic rings. The highest BCUT2D eigenvalue weighted by atomic mass is 35.5. The van der Waals surface area contributed by atoms with Crippen LogP contribution in [0.4, 0.5) is 11.4 Å². The van der Waals surface area contributed by atoms with Gasteiger partial charge in [0.15, 0.2) is 5.65 Å². The molecule has 0 aliphatic carbocycles. The van der Waals surface area contributed by atoms with E-state index in [4.69, 9.17) is 31.2 Å². The third kappa shape index (κ3) is 5.34. The summed E-state index contributed by atoms with van der Waals surface area (Å²) in [4.78, 5) is 10.8. The SMILES string of the molecule is COc1cc(OC)c(Cl)c(-c2nccc3c2ccc2nn(Nc4ccc(N(C)CCN5CCOCC5)cc4)c(=N)n23)c1. The second-order valence-corrected chi connectivity index (χ2v) is 10.5. The van der Waals surface area contributed by atoms with Crippen LogP contribution in [0.1, 0.15) is 0 Å². The Balaban J connectivity index is 1.27. The van der Waals surface area contributed by atoms with Crippen LogP contribution in [0.5, 0.6) is 11.5 Å². The van der Waals surface area contributed by atoms with Gasteiger partial charge in [-0.05, 0) is 48.5 Å². The molecule has 0 unspecified atom stereocenters. The second kappa shape index (κ2) is 11.9. The maximum atomic E-state index is 8.95. The predicted molar refractivity (Wildman–Crippen MR) is 164 cm³/mol. The number of benzene rings is 2. The van der Waals surface area contributed by atoms with Crippen molar-refractivity contribution >= 4 is 39.5 Å². The number of ether oxygens (including phenoxy) is 3. The first-order chi connectivity index (χ1) is 20.5. The summed E-state index contributed by atoms with van der Waals surface area (Å²) in [5.74, 6) is 1.09. The van der Waals surface area contributed by atoms with Crippen molar-refractivity contribution in [2.45, 2.75) is 0 Å². The van der Waals surface area contributed by atoms with E-state index in [0.717, 1.165) is 61.7 Å². The molecule has 1 saturated heterocycles. The molecule has 0 saturated carbocycles. The molecular weight excluding hydrogens is 556 g/mol. The highest BCUT2D eigenvalue weighted by Gasteiger charge is 2.18. The number of likely N-dealkylation sites (N-methyl/N-ethyl adjacent to an activating group) is 1. The quantitative estimate of drug-likeness (QED) is 0.265. The van der Waals surface area contributed by atoms with Crippen LogP contribution in [0.2, 0.25) is 5.02 Å². The van der Waals surface area contributed by atoms with Crippen LogP contribution >= 0.6 is 11.6 Å². The van der Waals surface area contributed by atoms with Gasteiger partial charge in [0.1, 0.15) is 11.5 Å². The minimum Gasteiger partial charge on any atom is -0.497 e. The average Bonchev–Trinajstić information content (AvgIpc) is 3.35. The van der Waals surface area contributed by atoms with E-state index in [9.17, 15) is 0 Å². The normalized spacial score (nSPS) is 13.9. The Morgan fingerprint density at radius 1 is 1.05 bits per heavy atom. The molecule has 3 aromatic heterocycles. The fourth-order valence-corrected chi connectivity index (χ4v) is 5.46. The van der Waals surface area contributed by atoms with E-state index in [-0.39, 0.29) is 5.62 Å². The molecule has 1 fully saturated rings. The molecule has 2 aromatic carbocycles. The standard InChI is InChI=1S/C30H33ClN8O3/c1-36(12-13-37-14-16-42-17-15-37)21-6-4-20(5-7-21)34-39-30(32)38-25-10-11-33-29(23(25)8-9-27(38)35-39)24-18-22(40-2)19-26(41-3)28(24)31/h4-11,18-19,32,34H,12-17H2,1-3H3. The van der Waals surface area contributed by atoms with Gasteiger partial charge in [0.05, 0.1) is 49.4 Å². The van der Waals surface area contributed by atoms with Gasteiger partial charge in [-0.2, -0.15) is 0 Å². The monoisotopic (exact) mass is 588 g/mol. The number of hydrogen-bond acceptors (Lipinski definition) is 9. The van der Waals surface area contributed by atoms with Crippen molar-refractivity contribution in [2.24, 2.45) is 0 Å². The maximum absolute atomic E-state index is 8.95. The molecule has 0 radical (unpaired) electrons. The number of morpholine rings is 1. The molecule has 12 heteroatoms. The summed E-state index contributed by atoms with van der Waals surface area (Å²) in [6.07, 6.45) is 1.70. The van der Waals surface area contributed by atoms with E-state index in [1.165, 1.54) is 4.79 Å². The Hall–Kier alpha value is -4.32. The third-order valence-electron chi connectivity index (χ3n) is 7.57. The van der Waals surface area contributed by atoms with Crippen molar-refractivity contribution in [3.05, 3.63) is 71.4 Å². The van der Waals surface area contributed by atoms with E-state index in [0.29, 0.717) is 33.4 Å². The topological polar surface area (TPSA) is 105 Å². The van der Waals surface area contributed by atoms with E-state index >= 15 is 0 Å². The summed E-state index contributed by atoms with van der Waals surface area (Å²) in [6.45, 7) is 5.52. The van der Waals surface area contributed by atoms with Gasteiger partial charge in [-0.3, -0.25) is 25.1 Å². The fourth-order valence-electron chi connectivity index (χ4n) is 5.19. The summed E-state index contributed by atoms with van der Waals surface area (Å²) in [5.41, 5.74) is 8.06. The van der Waals surface area contributed by atoms with Crippen LogP contribution in [0.15, 0.2) is 60.8 Å². The first-order valence-electron chi connectivity index (χ1n) is 13.7. The van der Waals surface area contributed by atoms with Crippen molar-refractivity contribution in [1.29, 1.82) is 5.41 Å². The number of anilines is 2. The van der Waals surface area contributed by atoms with Crippen molar-refractivity contribution in [3.63, 3.8) is 0 Å². The molecular formula is C30H33ClN8O3. The number of fused-ring (bicyclic) bond motifs is 3. The van der Waals surface area contributed by atoms with Crippen molar-refractivity contribution < 1.29 is 14.2 Å². The lowest BCUT2D eigenvalue weighted by Crippen LogP contribution is -2.40. The summed E-state index contributed by atoms with van der Waals surface area (Å²) in [7, 11) is 5.26. The highest BCUT2D eigenvalue weighted by molar-refractivity contribution is 6.35. The van der Waals surface area contributed by atoms with Crippen molar-refractivity contribution in [2.75, 3.05) is 71.0 Å². The molecule has 0 bridgehead atoms. The van der Waals surface area contributed by atoms with Gasteiger partial charge in [0, 0.05) is 62.1 Å². The van der Waals surface area contributed by atoms with Crippen LogP contribution in [0, 0.1) is 5.41 Å². The molecule has 42 heavy (non-hydrogen) atoms. The molecule has 1 aliphatic heterocycles. The first-order valence-corrected chi connectivity index (χ1v) is 14.1. The van der Waals surface area contributed by atoms with E-state index in [1.54, 1.807) is 30.9 Å². The Morgan fingerprint density at radius 2 is 1.83 bits per heavy atom. The number of halogens is 1. The number of hydrogen-bond donors (Lipinski definition) is 2. The number of methoxy groups -OCH3 is 2. The highest BCUT2D eigenvalue weighted by Crippen LogP contribution is 2.40. The predicted octanol–water partition coefficient (Wildman–Crippen LogP) is 4.14. The van der Waals surface area contributed by atoms with Gasteiger partial charge in [-0.15, -0.1) is 9.89 Å². The third-order valence-corrected chi connectivity index (χ3v) is 7.96. The second-order valence-electron chi connectivity index (χ2n) is 10.1. The van der Waals surface area contributed by atoms with Gasteiger partial charge in [-0.1, -0.05) is 11.6 Å². The smallest absolute Gasteiger partial charge is 0.245 e. The zero-order valence-electron chi connectivity index (χ0n) is 23.8. The number of pyridine rings is 2. The number of nitrogens with zero attached hydrogens (tertiary/aromatic N) is 6. The van der Waals surface area contributed by atoms with E-state index in [1.807, 2.05) is 36.4 Å². The molecule has 4 heterocycles. The number of aromatic nitrogens is 4. The molecule has 0 atom stereocenters. The van der Waals surface area contributed by atoms with Crippen LogP contribution in [-0.2, 0) is 4.74 Å². The molecule has 2 N–H and O–H groups in total. The van der Waals surface area contributed by atoms with Gasteiger partial charge < -0.3 is 19.1 Å². The lowest BCUT2D eigenvalue weighted by atomic mass is 10.1. The van der Waals surface area contributed by atoms with Gasteiger partial charge >= 0.3 is 0 Å². The van der Waals surface area contributed by atoms with Crippen molar-refractivity contribution in [3.8, 4) is 22.8 Å². The summed E-state index contributed by atoms with van der Waals surface area (Å²) >= 11 is 6.70. The molecule has 1 aliphatic rings. The van der Waals surface area contributed by atoms with Crippen LogP contribution in [0.3, 0.4) is 0 Å². The van der Waals surface area contributed by atoms with Crippen LogP contribution in [0.25, 0.3) is 27.8 Å². The molecule has 218 valence electrons. The minimum atomic E-state index is 0.161. The Bertz CT molecular complexity index is 1780. The van der Waals surface area contributed by atoms with Crippen LogP contribution in [-0.4, -0.2) is 84.8 Å². The lowest BCUT2D eigenvalue weighted by Gasteiger charge is -2.29. The molecule has 11 nitrogen and oxygen atoms in total. The molecule has 6 rings (SSSR count). The summed E-state index contributed by atoms with van der Waals surface area (Å²) < 4.78 is 18.1. The van der Waals surface area contributed by atoms with E-state index < -0.39 is 0 Å². The van der Waals surface area contributed by atoms with Crippen LogP contribution < -0.4 is 25.4 Å². The molecule has 0 amide bonds. The average molecular weight is 589 g/mol. The van der Waals surface area contributed by atoms with Crippen molar-refractivity contribution in [1.82, 2.24) is 24.2 Å². The van der Waals surface area contributed by atoms with E-state index in [2.05, 4.69) is 44.5 Å². The minimum absolute atomic E-state index is 0.161. The zero-order valence-corrected chi connectivity index (χ0v) is 24.6. The maximum Gasteiger partial charge on any atom is 0.245 e. The number of rotatable bonds is 9. The number of nitrogens with one attached hydrogen (secondary N) is 2. The molecule has 0 spiro atoms. The fraction of sp³-hybridized carbons (Fsp3) is 0.300. The Morgan fingerprint density at radius 3 is 2.57 bits per heavy atom. The summed E-state index contributed by atoms with van der Waals surface area (Å²) in [5, 5.41) is 14.8. The first kappa shape index (κ1) is 27.8. The van der Waals surface area contributed by atoms with Gasteiger partial charge in [0.25, 0.3) is 0 Å². The Kier molecular flexibility index (Phi) is 7.88. The largest absolute Gasteiger partial charge is 0.497 e. The zero-order chi connectivity index (χ0) is 29.2. The lowest BCUT2D eigenvalue weighted by molar-refractivity contribution is 0.0393. The van der Waals surface area contributed by atoms with Gasteiger partial charge in [0.2, 0.25) is 5.62 Å². The summed E-state index contributed by atoms with van der Waals surface area (Å²) in [6, 6.07) is 17.4. The Labute approximate surface area is 248 Å². The van der Waals surface area contributed by atoms with Gasteiger partial charge in [-0.25, -0.2) is 0 Å².